The third kappa shape index (κ3) is 3.81. The van der Waals surface area contributed by atoms with Gasteiger partial charge in [0.15, 0.2) is 0 Å². The molecule has 0 aliphatic rings. The summed E-state index contributed by atoms with van der Waals surface area (Å²) in [4.78, 5) is 10.7. The second kappa shape index (κ2) is 6.34. The Kier molecular flexibility index (Phi) is 5.09. The zero-order valence-electron chi connectivity index (χ0n) is 9.50. The molecule has 0 aliphatic carbocycles. The lowest BCUT2D eigenvalue weighted by Gasteiger charge is -2.10. The van der Waals surface area contributed by atoms with Crippen molar-refractivity contribution < 1.29 is 14.3 Å². The number of aromatic carboxylic acids is 1. The highest BCUT2D eigenvalue weighted by atomic mass is 32.2. The highest BCUT2D eigenvalue weighted by molar-refractivity contribution is 7.98. The Morgan fingerprint density at radius 3 is 2.88 bits per heavy atom. The van der Waals surface area contributed by atoms with Crippen LogP contribution >= 0.6 is 11.8 Å². The van der Waals surface area contributed by atoms with E-state index in [4.69, 9.17) is 10.8 Å². The fourth-order valence-corrected chi connectivity index (χ4v) is 1.78. The first-order chi connectivity index (χ1) is 8.06. The number of hydrogen-bond donors (Lipinski definition) is 3. The van der Waals surface area contributed by atoms with Crippen LogP contribution in [0.4, 0.5) is 15.8 Å². The van der Waals surface area contributed by atoms with Crippen LogP contribution in [0.2, 0.25) is 0 Å². The molecule has 1 rings (SSSR count). The monoisotopic (exact) mass is 258 g/mol. The molecular formula is C11H15FN2O2S. The minimum Gasteiger partial charge on any atom is -0.478 e. The average molecular weight is 258 g/mol. The number of carboxylic acids is 1. The number of anilines is 2. The predicted molar refractivity (Wildman–Crippen MR) is 69.3 cm³/mol. The smallest absolute Gasteiger partial charge is 0.338 e. The maximum absolute atomic E-state index is 13.4. The lowest BCUT2D eigenvalue weighted by Crippen LogP contribution is -2.08. The molecule has 0 aliphatic heterocycles. The van der Waals surface area contributed by atoms with Crippen molar-refractivity contribution in [3.05, 3.63) is 23.5 Å². The third-order valence-corrected chi connectivity index (χ3v) is 2.91. The van der Waals surface area contributed by atoms with Crippen LogP contribution in [-0.2, 0) is 0 Å². The molecule has 94 valence electrons. The fourth-order valence-electron chi connectivity index (χ4n) is 1.35. The van der Waals surface area contributed by atoms with Gasteiger partial charge < -0.3 is 16.2 Å². The van der Waals surface area contributed by atoms with Crippen molar-refractivity contribution in [2.45, 2.75) is 6.42 Å². The number of rotatable bonds is 6. The lowest BCUT2D eigenvalue weighted by molar-refractivity contribution is 0.0692. The molecule has 6 heteroatoms. The second-order valence-corrected chi connectivity index (χ2v) is 4.48. The van der Waals surface area contributed by atoms with Crippen LogP contribution in [0.5, 0.6) is 0 Å². The van der Waals surface area contributed by atoms with Gasteiger partial charge >= 0.3 is 5.97 Å². The van der Waals surface area contributed by atoms with Crippen molar-refractivity contribution in [3.8, 4) is 0 Å². The number of nitrogens with two attached hydrogens (primary N) is 1. The summed E-state index contributed by atoms with van der Waals surface area (Å²) >= 11 is 1.73. The molecule has 0 heterocycles. The molecule has 0 amide bonds. The quantitative estimate of drug-likeness (QED) is 0.539. The van der Waals surface area contributed by atoms with E-state index in [1.165, 1.54) is 0 Å². The van der Waals surface area contributed by atoms with Gasteiger partial charge in [0.25, 0.3) is 0 Å². The van der Waals surface area contributed by atoms with Crippen LogP contribution < -0.4 is 11.1 Å². The zero-order chi connectivity index (χ0) is 12.8. The molecule has 0 saturated heterocycles. The Balaban J connectivity index is 2.74. The second-order valence-electron chi connectivity index (χ2n) is 3.50. The van der Waals surface area contributed by atoms with Crippen LogP contribution in [0.15, 0.2) is 12.1 Å². The summed E-state index contributed by atoms with van der Waals surface area (Å²) in [5, 5.41) is 11.7. The van der Waals surface area contributed by atoms with E-state index in [1.54, 1.807) is 11.8 Å². The highest BCUT2D eigenvalue weighted by Gasteiger charge is 2.13. The molecule has 0 spiro atoms. The van der Waals surface area contributed by atoms with Crippen LogP contribution in [-0.4, -0.2) is 29.6 Å². The first-order valence-corrected chi connectivity index (χ1v) is 6.50. The Hall–Kier alpha value is -1.43. The van der Waals surface area contributed by atoms with Gasteiger partial charge in [-0.2, -0.15) is 11.8 Å². The van der Waals surface area contributed by atoms with Gasteiger partial charge in [0, 0.05) is 6.54 Å². The number of nitrogen functional groups attached to an aromatic ring is 1. The Morgan fingerprint density at radius 2 is 2.29 bits per heavy atom. The molecule has 1 aromatic rings. The van der Waals surface area contributed by atoms with Crippen molar-refractivity contribution in [3.63, 3.8) is 0 Å². The Bertz CT molecular complexity index is 413. The third-order valence-electron chi connectivity index (χ3n) is 2.21. The molecule has 0 aromatic heterocycles. The van der Waals surface area contributed by atoms with Gasteiger partial charge in [-0.25, -0.2) is 9.18 Å². The van der Waals surface area contributed by atoms with Crippen molar-refractivity contribution >= 4 is 29.1 Å². The van der Waals surface area contributed by atoms with Gasteiger partial charge in [-0.15, -0.1) is 0 Å². The van der Waals surface area contributed by atoms with Gasteiger partial charge in [-0.3, -0.25) is 0 Å². The zero-order valence-corrected chi connectivity index (χ0v) is 10.3. The van der Waals surface area contributed by atoms with E-state index in [1.807, 2.05) is 6.26 Å². The summed E-state index contributed by atoms with van der Waals surface area (Å²) in [6, 6.07) is 2.26. The topological polar surface area (TPSA) is 75.3 Å². The predicted octanol–water partition coefficient (Wildman–Crippen LogP) is 2.27. The van der Waals surface area contributed by atoms with Gasteiger partial charge in [0.2, 0.25) is 0 Å². The Labute approximate surface area is 103 Å². The average Bonchev–Trinajstić information content (AvgIpc) is 2.28. The lowest BCUT2D eigenvalue weighted by atomic mass is 10.1. The number of nitrogens with one attached hydrogen (secondary N) is 1. The number of carboxylic acid groups (broad SMARTS) is 1. The van der Waals surface area contributed by atoms with Crippen LogP contribution in [0.1, 0.15) is 16.8 Å². The molecule has 4 N–H and O–H groups in total. The molecule has 4 nitrogen and oxygen atoms in total. The van der Waals surface area contributed by atoms with E-state index in [2.05, 4.69) is 5.32 Å². The molecule has 0 bridgehead atoms. The van der Waals surface area contributed by atoms with E-state index in [-0.39, 0.29) is 5.69 Å². The number of benzene rings is 1. The van der Waals surface area contributed by atoms with Crippen molar-refractivity contribution in [1.82, 2.24) is 0 Å². The summed E-state index contributed by atoms with van der Waals surface area (Å²) < 4.78 is 13.4. The minimum atomic E-state index is -1.32. The van der Waals surface area contributed by atoms with Gasteiger partial charge in [0.1, 0.15) is 5.82 Å². The Morgan fingerprint density at radius 1 is 1.59 bits per heavy atom. The van der Waals surface area contributed by atoms with E-state index in [9.17, 15) is 9.18 Å². The SMILES string of the molecule is CSCCCNc1cc(F)c(C(=O)O)cc1N. The van der Waals surface area contributed by atoms with Crippen LogP contribution in [0, 0.1) is 5.82 Å². The van der Waals surface area contributed by atoms with E-state index < -0.39 is 17.3 Å². The van der Waals surface area contributed by atoms with Gasteiger partial charge in [-0.05, 0) is 30.6 Å². The normalized spacial score (nSPS) is 10.2. The summed E-state index contributed by atoms with van der Waals surface area (Å²) in [5.41, 5.74) is 5.92. The summed E-state index contributed by atoms with van der Waals surface area (Å²) in [6.07, 6.45) is 2.94. The van der Waals surface area contributed by atoms with E-state index in [0.29, 0.717) is 12.2 Å². The number of thioether (sulfide) groups is 1. The number of halogens is 1. The standard InChI is InChI=1S/C11H15FN2O2S/c1-17-4-2-3-14-10-6-8(12)7(11(15)16)5-9(10)13/h5-6,14H,2-4,13H2,1H3,(H,15,16). The summed E-state index contributed by atoms with van der Waals surface area (Å²) in [5.74, 6) is -1.09. The minimum absolute atomic E-state index is 0.243. The number of hydrogen-bond acceptors (Lipinski definition) is 4. The molecule has 1 aromatic carbocycles. The molecule has 0 radical (unpaired) electrons. The van der Waals surface area contributed by atoms with E-state index >= 15 is 0 Å². The van der Waals surface area contributed by atoms with Gasteiger partial charge in [-0.1, -0.05) is 0 Å². The van der Waals surface area contributed by atoms with Crippen molar-refractivity contribution in [2.24, 2.45) is 0 Å². The molecule has 0 atom stereocenters. The maximum atomic E-state index is 13.4. The van der Waals surface area contributed by atoms with Crippen molar-refractivity contribution in [2.75, 3.05) is 29.6 Å². The number of carbonyl (C=O) groups is 1. The molecular weight excluding hydrogens is 243 g/mol. The first kappa shape index (κ1) is 13.6. The molecule has 0 unspecified atom stereocenters. The summed E-state index contributed by atoms with van der Waals surface area (Å²) in [7, 11) is 0. The largest absolute Gasteiger partial charge is 0.478 e. The fraction of sp³-hybridized carbons (Fsp3) is 0.364. The molecule has 17 heavy (non-hydrogen) atoms. The molecule has 0 saturated carbocycles. The van der Waals surface area contributed by atoms with Crippen LogP contribution in [0.25, 0.3) is 0 Å². The van der Waals surface area contributed by atoms with E-state index in [0.717, 1.165) is 24.3 Å². The van der Waals surface area contributed by atoms with Crippen molar-refractivity contribution in [1.29, 1.82) is 0 Å². The first-order valence-electron chi connectivity index (χ1n) is 5.11. The maximum Gasteiger partial charge on any atom is 0.338 e. The highest BCUT2D eigenvalue weighted by Crippen LogP contribution is 2.23. The summed E-state index contributed by atoms with van der Waals surface area (Å²) in [6.45, 7) is 0.677. The van der Waals surface area contributed by atoms with Gasteiger partial charge in [0.05, 0.1) is 16.9 Å². The molecule has 0 fully saturated rings. The van der Waals surface area contributed by atoms with Crippen LogP contribution in [0.3, 0.4) is 0 Å².